The van der Waals surface area contributed by atoms with Crippen LogP contribution in [0.3, 0.4) is 0 Å². The molecule has 0 bridgehead atoms. The Bertz CT molecular complexity index is 788. The zero-order valence-corrected chi connectivity index (χ0v) is 16.8. The third kappa shape index (κ3) is 4.97. The van der Waals surface area contributed by atoms with Crippen LogP contribution in [-0.2, 0) is 22.6 Å². The molecule has 0 radical (unpaired) electrons. The summed E-state index contributed by atoms with van der Waals surface area (Å²) in [6.45, 7) is 11.0. The molecule has 0 atom stereocenters. The van der Waals surface area contributed by atoms with Gasteiger partial charge in [-0.3, -0.25) is 4.79 Å². The molecule has 2 aromatic heterocycles. The fourth-order valence-corrected chi connectivity index (χ4v) is 3.39. The summed E-state index contributed by atoms with van der Waals surface area (Å²) in [4.78, 5) is 16.9. The van der Waals surface area contributed by atoms with Gasteiger partial charge in [-0.15, -0.1) is 0 Å². The lowest BCUT2D eigenvalue weighted by molar-refractivity contribution is -0.122. The van der Waals surface area contributed by atoms with Crippen molar-refractivity contribution in [2.24, 2.45) is 5.41 Å². The second kappa shape index (κ2) is 8.25. The Kier molecular flexibility index (Phi) is 5.99. The van der Waals surface area contributed by atoms with Crippen molar-refractivity contribution < 1.29 is 9.53 Å². The third-order valence-electron chi connectivity index (χ3n) is 4.78. The Morgan fingerprint density at radius 3 is 2.70 bits per heavy atom. The van der Waals surface area contributed by atoms with E-state index in [0.29, 0.717) is 19.0 Å². The number of anilines is 1. The number of rotatable bonds is 6. The Balaban J connectivity index is 1.84. The van der Waals surface area contributed by atoms with Gasteiger partial charge in [0.15, 0.2) is 5.65 Å². The maximum atomic E-state index is 12.3. The molecule has 1 aliphatic rings. The maximum absolute atomic E-state index is 12.3. The van der Waals surface area contributed by atoms with Crippen LogP contribution in [0.1, 0.15) is 52.5 Å². The highest BCUT2D eigenvalue weighted by Crippen LogP contribution is 2.28. The first-order chi connectivity index (χ1) is 12.9. The van der Waals surface area contributed by atoms with E-state index in [0.717, 1.165) is 54.9 Å². The number of nitrogens with one attached hydrogen (secondary N) is 2. The fourth-order valence-electron chi connectivity index (χ4n) is 3.39. The molecule has 3 heterocycles. The Hall–Kier alpha value is -2.15. The lowest BCUT2D eigenvalue weighted by Crippen LogP contribution is -2.30. The smallest absolute Gasteiger partial charge is 0.220 e. The van der Waals surface area contributed by atoms with Crippen LogP contribution in [0.5, 0.6) is 0 Å². The van der Waals surface area contributed by atoms with E-state index in [1.165, 1.54) is 0 Å². The molecule has 1 fully saturated rings. The van der Waals surface area contributed by atoms with Gasteiger partial charge in [0.1, 0.15) is 0 Å². The minimum Gasteiger partial charge on any atom is -0.381 e. The second-order valence-corrected chi connectivity index (χ2v) is 8.40. The minimum atomic E-state index is -0.0300. The first-order valence-electron chi connectivity index (χ1n) is 9.82. The first-order valence-corrected chi connectivity index (χ1v) is 9.82. The largest absolute Gasteiger partial charge is 0.381 e. The summed E-state index contributed by atoms with van der Waals surface area (Å²) < 4.78 is 7.37. The number of nitrogens with zero attached hydrogens (tertiary/aromatic N) is 3. The van der Waals surface area contributed by atoms with Crippen molar-refractivity contribution >= 4 is 22.6 Å². The standard InChI is InChI=1S/C20H31N5O2/c1-5-25-19-16(13-23-25)18(24-15-6-8-27-9-7-15)14(12-22-19)11-21-17(26)10-20(2,3)4/h12-13,15H,5-11H2,1-4H3,(H,21,26)(H,22,24). The second-order valence-electron chi connectivity index (χ2n) is 8.40. The first kappa shape index (κ1) is 19.6. The topological polar surface area (TPSA) is 81.1 Å². The van der Waals surface area contributed by atoms with Gasteiger partial charge in [-0.25, -0.2) is 9.67 Å². The molecule has 27 heavy (non-hydrogen) atoms. The minimum absolute atomic E-state index is 0.0300. The molecular weight excluding hydrogens is 342 g/mol. The molecule has 7 nitrogen and oxygen atoms in total. The highest BCUT2D eigenvalue weighted by atomic mass is 16.5. The molecule has 2 N–H and O–H groups in total. The predicted molar refractivity (Wildman–Crippen MR) is 107 cm³/mol. The number of pyridine rings is 1. The highest BCUT2D eigenvalue weighted by molar-refractivity contribution is 5.91. The summed E-state index contributed by atoms with van der Waals surface area (Å²) >= 11 is 0. The van der Waals surface area contributed by atoms with Crippen molar-refractivity contribution in [1.82, 2.24) is 20.1 Å². The lowest BCUT2D eigenvalue weighted by atomic mass is 9.92. The van der Waals surface area contributed by atoms with Crippen molar-refractivity contribution in [3.8, 4) is 0 Å². The van der Waals surface area contributed by atoms with Gasteiger partial charge in [-0.2, -0.15) is 5.10 Å². The number of ether oxygens (including phenoxy) is 1. The molecule has 1 saturated heterocycles. The van der Waals surface area contributed by atoms with Crippen LogP contribution in [0.2, 0.25) is 0 Å². The number of aryl methyl sites for hydroxylation is 1. The molecule has 1 amide bonds. The van der Waals surface area contributed by atoms with Gasteiger partial charge in [0.25, 0.3) is 0 Å². The number of fused-ring (bicyclic) bond motifs is 1. The van der Waals surface area contributed by atoms with Crippen LogP contribution in [0.15, 0.2) is 12.4 Å². The number of carbonyl (C=O) groups excluding carboxylic acids is 1. The van der Waals surface area contributed by atoms with Gasteiger partial charge in [-0.05, 0) is 25.2 Å². The summed E-state index contributed by atoms with van der Waals surface area (Å²) in [6, 6.07) is 0.360. The monoisotopic (exact) mass is 373 g/mol. The molecule has 7 heteroatoms. The number of hydrogen-bond acceptors (Lipinski definition) is 5. The molecule has 0 spiro atoms. The van der Waals surface area contributed by atoms with E-state index in [4.69, 9.17) is 4.74 Å². The van der Waals surface area contributed by atoms with Crippen molar-refractivity contribution in [2.75, 3.05) is 18.5 Å². The van der Waals surface area contributed by atoms with Gasteiger partial charge in [0.05, 0.1) is 17.3 Å². The van der Waals surface area contributed by atoms with Crippen molar-refractivity contribution in [2.45, 2.75) is 66.1 Å². The zero-order valence-electron chi connectivity index (χ0n) is 16.8. The average molecular weight is 374 g/mol. The van der Waals surface area contributed by atoms with E-state index in [1.807, 2.05) is 17.1 Å². The third-order valence-corrected chi connectivity index (χ3v) is 4.78. The summed E-state index contributed by atoms with van der Waals surface area (Å²) in [5.74, 6) is 0.0591. The van der Waals surface area contributed by atoms with Gasteiger partial charge in [0, 0.05) is 50.5 Å². The molecule has 0 aromatic carbocycles. The van der Waals surface area contributed by atoms with E-state index < -0.39 is 0 Å². The molecule has 0 unspecified atom stereocenters. The van der Waals surface area contributed by atoms with Crippen LogP contribution in [0.4, 0.5) is 5.69 Å². The molecular formula is C20H31N5O2. The quantitative estimate of drug-likeness (QED) is 0.813. The predicted octanol–water partition coefficient (Wildman–Crippen LogP) is 3.09. The SMILES string of the molecule is CCn1ncc2c(NC3CCOCC3)c(CNC(=O)CC(C)(C)C)cnc21. The normalized spacial score (nSPS) is 15.9. The van der Waals surface area contributed by atoms with Crippen LogP contribution in [-0.4, -0.2) is 39.9 Å². The molecule has 2 aromatic rings. The molecule has 148 valence electrons. The van der Waals surface area contributed by atoms with Crippen LogP contribution >= 0.6 is 0 Å². The number of hydrogen-bond donors (Lipinski definition) is 2. The molecule has 1 aliphatic heterocycles. The highest BCUT2D eigenvalue weighted by Gasteiger charge is 2.20. The van der Waals surface area contributed by atoms with E-state index in [1.54, 1.807) is 0 Å². The molecule has 0 saturated carbocycles. The van der Waals surface area contributed by atoms with Crippen LogP contribution < -0.4 is 10.6 Å². The summed E-state index contributed by atoms with van der Waals surface area (Å²) in [6.07, 6.45) is 6.17. The number of aromatic nitrogens is 3. The number of amides is 1. The van der Waals surface area contributed by atoms with Crippen molar-refractivity contribution in [1.29, 1.82) is 0 Å². The number of carbonyl (C=O) groups is 1. The van der Waals surface area contributed by atoms with Gasteiger partial charge in [0.2, 0.25) is 5.91 Å². The van der Waals surface area contributed by atoms with Gasteiger partial charge < -0.3 is 15.4 Å². The molecule has 3 rings (SSSR count). The zero-order chi connectivity index (χ0) is 19.4. The van der Waals surface area contributed by atoms with E-state index in [2.05, 4.69) is 48.4 Å². The summed E-state index contributed by atoms with van der Waals surface area (Å²) in [5.41, 5.74) is 2.86. The fraction of sp³-hybridized carbons (Fsp3) is 0.650. The van der Waals surface area contributed by atoms with Crippen LogP contribution in [0.25, 0.3) is 11.0 Å². The van der Waals surface area contributed by atoms with Gasteiger partial charge in [-0.1, -0.05) is 20.8 Å². The Morgan fingerprint density at radius 1 is 1.30 bits per heavy atom. The van der Waals surface area contributed by atoms with E-state index in [9.17, 15) is 4.79 Å². The van der Waals surface area contributed by atoms with E-state index in [-0.39, 0.29) is 11.3 Å². The summed E-state index contributed by atoms with van der Waals surface area (Å²) in [7, 11) is 0. The van der Waals surface area contributed by atoms with E-state index >= 15 is 0 Å². The summed E-state index contributed by atoms with van der Waals surface area (Å²) in [5, 5.41) is 12.2. The van der Waals surface area contributed by atoms with Crippen molar-refractivity contribution in [3.63, 3.8) is 0 Å². The Morgan fingerprint density at radius 2 is 2.04 bits per heavy atom. The van der Waals surface area contributed by atoms with Gasteiger partial charge >= 0.3 is 0 Å². The lowest BCUT2D eigenvalue weighted by Gasteiger charge is -2.26. The van der Waals surface area contributed by atoms with Crippen molar-refractivity contribution in [3.05, 3.63) is 18.0 Å². The molecule has 0 aliphatic carbocycles. The average Bonchev–Trinajstić information content (AvgIpc) is 3.04. The van der Waals surface area contributed by atoms with Crippen LogP contribution in [0, 0.1) is 5.41 Å². The maximum Gasteiger partial charge on any atom is 0.220 e. The Labute approximate surface area is 160 Å².